The van der Waals surface area contributed by atoms with E-state index in [0.29, 0.717) is 5.82 Å². The Morgan fingerprint density at radius 2 is 1.80 bits per heavy atom. The Bertz CT molecular complexity index is 407. The maximum Gasteiger partial charge on any atom is 0.148 e. The van der Waals surface area contributed by atoms with Gasteiger partial charge in [-0.25, -0.2) is 15.8 Å². The second kappa shape index (κ2) is 8.71. The molecule has 0 spiro atoms. The molecule has 4 N–H and O–H groups in total. The maximum absolute atomic E-state index is 5.50. The average molecular weight is 280 g/mol. The molecule has 1 heterocycles. The number of hydrazine groups is 1. The van der Waals surface area contributed by atoms with Gasteiger partial charge in [0.2, 0.25) is 0 Å². The monoisotopic (exact) mass is 280 g/mol. The molecule has 0 aliphatic carbocycles. The summed E-state index contributed by atoms with van der Waals surface area (Å²) in [5.41, 5.74) is 3.60. The number of rotatable bonds is 9. The van der Waals surface area contributed by atoms with Crippen LogP contribution in [0.5, 0.6) is 0 Å². The van der Waals surface area contributed by atoms with Crippen molar-refractivity contribution in [3.05, 3.63) is 11.4 Å². The molecule has 1 rings (SSSR count). The first-order valence-electron chi connectivity index (χ1n) is 7.46. The van der Waals surface area contributed by atoms with Crippen LogP contribution in [0.1, 0.15) is 38.6 Å². The Balaban J connectivity index is 2.67. The van der Waals surface area contributed by atoms with Gasteiger partial charge in [-0.15, -0.1) is 0 Å². The van der Waals surface area contributed by atoms with Gasteiger partial charge in [-0.05, 0) is 26.4 Å². The summed E-state index contributed by atoms with van der Waals surface area (Å²) in [7, 11) is 0. The van der Waals surface area contributed by atoms with E-state index in [-0.39, 0.29) is 0 Å². The number of aromatic nitrogens is 2. The number of hydrogen-bond acceptors (Lipinski definition) is 6. The molecule has 0 saturated carbocycles. The van der Waals surface area contributed by atoms with Crippen LogP contribution < -0.4 is 16.6 Å². The summed E-state index contributed by atoms with van der Waals surface area (Å²) in [4.78, 5) is 11.3. The quantitative estimate of drug-likeness (QED) is 0.473. The fourth-order valence-corrected chi connectivity index (χ4v) is 2.11. The summed E-state index contributed by atoms with van der Waals surface area (Å²) in [6, 6.07) is 0. The van der Waals surface area contributed by atoms with Crippen LogP contribution >= 0.6 is 0 Å². The highest BCUT2D eigenvalue weighted by Gasteiger charge is 2.09. The molecule has 1 aromatic heterocycles. The normalized spacial score (nSPS) is 10.9. The van der Waals surface area contributed by atoms with Gasteiger partial charge < -0.3 is 15.6 Å². The van der Waals surface area contributed by atoms with Crippen LogP contribution in [0.3, 0.4) is 0 Å². The zero-order chi connectivity index (χ0) is 15.0. The molecule has 0 aliphatic heterocycles. The molecule has 0 saturated heterocycles. The molecule has 0 aromatic carbocycles. The molecule has 20 heavy (non-hydrogen) atoms. The van der Waals surface area contributed by atoms with E-state index >= 15 is 0 Å². The summed E-state index contributed by atoms with van der Waals surface area (Å²) < 4.78 is 0. The first-order chi connectivity index (χ1) is 9.65. The number of likely N-dealkylation sites (N-methyl/N-ethyl adjacent to an activating group) is 1. The van der Waals surface area contributed by atoms with Crippen molar-refractivity contribution >= 4 is 11.6 Å². The van der Waals surface area contributed by atoms with Gasteiger partial charge in [0.15, 0.2) is 0 Å². The minimum atomic E-state index is 0.695. The second-order valence-electron chi connectivity index (χ2n) is 4.82. The third-order valence-electron chi connectivity index (χ3n) is 3.35. The van der Waals surface area contributed by atoms with Gasteiger partial charge in [0.25, 0.3) is 0 Å². The van der Waals surface area contributed by atoms with Crippen molar-refractivity contribution in [3.8, 4) is 0 Å². The first kappa shape index (κ1) is 16.7. The lowest BCUT2D eigenvalue weighted by Gasteiger charge is -2.20. The smallest absolute Gasteiger partial charge is 0.148 e. The third kappa shape index (κ3) is 4.61. The molecule has 0 radical (unpaired) electrons. The molecule has 0 atom stereocenters. The summed E-state index contributed by atoms with van der Waals surface area (Å²) in [5, 5.41) is 3.40. The molecular weight excluding hydrogens is 252 g/mol. The highest BCUT2D eigenvalue weighted by atomic mass is 15.3. The molecular formula is C14H28N6. The van der Waals surface area contributed by atoms with E-state index in [9.17, 15) is 0 Å². The van der Waals surface area contributed by atoms with Crippen LogP contribution in [0, 0.1) is 6.92 Å². The summed E-state index contributed by atoms with van der Waals surface area (Å²) in [6.07, 6.45) is 1.97. The lowest BCUT2D eigenvalue weighted by Crippen LogP contribution is -2.30. The van der Waals surface area contributed by atoms with Gasteiger partial charge in [0.1, 0.15) is 17.5 Å². The highest BCUT2D eigenvalue weighted by Crippen LogP contribution is 2.19. The van der Waals surface area contributed by atoms with E-state index in [0.717, 1.165) is 49.8 Å². The topological polar surface area (TPSA) is 79.1 Å². The summed E-state index contributed by atoms with van der Waals surface area (Å²) in [6.45, 7) is 12.5. The van der Waals surface area contributed by atoms with Gasteiger partial charge in [-0.1, -0.05) is 20.8 Å². The van der Waals surface area contributed by atoms with E-state index in [1.54, 1.807) is 0 Å². The molecule has 6 heteroatoms. The van der Waals surface area contributed by atoms with Crippen molar-refractivity contribution in [2.45, 2.75) is 40.5 Å². The molecule has 6 nitrogen and oxygen atoms in total. The standard InChI is InChI=1S/C14H28N6/c1-5-9-20(7-3)10-8-16-13-11(4)14(19-15)18-12(6-2)17-13/h5-10,15H2,1-4H3,(H2,16,17,18,19). The van der Waals surface area contributed by atoms with Gasteiger partial charge in [0, 0.05) is 25.1 Å². The van der Waals surface area contributed by atoms with Crippen LogP contribution in [-0.2, 0) is 6.42 Å². The predicted octanol–water partition coefficient (Wildman–Crippen LogP) is 1.78. The zero-order valence-electron chi connectivity index (χ0n) is 13.2. The van der Waals surface area contributed by atoms with Crippen molar-refractivity contribution in [3.63, 3.8) is 0 Å². The minimum absolute atomic E-state index is 0.695. The maximum atomic E-state index is 5.50. The second-order valence-corrected chi connectivity index (χ2v) is 4.82. The van der Waals surface area contributed by atoms with Crippen molar-refractivity contribution in [2.75, 3.05) is 36.9 Å². The largest absolute Gasteiger partial charge is 0.368 e. The van der Waals surface area contributed by atoms with Gasteiger partial charge in [0.05, 0.1) is 0 Å². The van der Waals surface area contributed by atoms with Crippen LogP contribution in [0.25, 0.3) is 0 Å². The molecule has 0 fully saturated rings. The fraction of sp³-hybridized carbons (Fsp3) is 0.714. The van der Waals surface area contributed by atoms with Crippen molar-refractivity contribution in [1.29, 1.82) is 0 Å². The molecule has 0 aliphatic rings. The van der Waals surface area contributed by atoms with E-state index in [4.69, 9.17) is 5.84 Å². The SMILES string of the molecule is CCCN(CC)CCNc1nc(CC)nc(NN)c1C. The number of aryl methyl sites for hydroxylation is 1. The van der Waals surface area contributed by atoms with E-state index in [1.165, 1.54) is 6.42 Å². The average Bonchev–Trinajstić information content (AvgIpc) is 2.47. The summed E-state index contributed by atoms with van der Waals surface area (Å²) >= 11 is 0. The van der Waals surface area contributed by atoms with E-state index < -0.39 is 0 Å². The van der Waals surface area contributed by atoms with Crippen molar-refractivity contribution in [2.24, 2.45) is 5.84 Å². The number of anilines is 2. The number of nitrogens with one attached hydrogen (secondary N) is 2. The first-order valence-corrected chi connectivity index (χ1v) is 7.46. The third-order valence-corrected chi connectivity index (χ3v) is 3.35. The fourth-order valence-electron chi connectivity index (χ4n) is 2.11. The Hall–Kier alpha value is -1.40. The lowest BCUT2D eigenvalue weighted by atomic mass is 10.3. The van der Waals surface area contributed by atoms with E-state index in [1.807, 2.05) is 13.8 Å². The Kier molecular flexibility index (Phi) is 7.25. The van der Waals surface area contributed by atoms with Crippen molar-refractivity contribution in [1.82, 2.24) is 14.9 Å². The Morgan fingerprint density at radius 1 is 1.10 bits per heavy atom. The van der Waals surface area contributed by atoms with Crippen LogP contribution in [0.15, 0.2) is 0 Å². The lowest BCUT2D eigenvalue weighted by molar-refractivity contribution is 0.300. The predicted molar refractivity (Wildman–Crippen MR) is 84.9 cm³/mol. The van der Waals surface area contributed by atoms with Gasteiger partial charge in [-0.2, -0.15) is 0 Å². The zero-order valence-corrected chi connectivity index (χ0v) is 13.2. The molecule has 0 unspecified atom stereocenters. The van der Waals surface area contributed by atoms with E-state index in [2.05, 4.69) is 39.5 Å². The molecule has 1 aromatic rings. The number of nitrogens with zero attached hydrogens (tertiary/aromatic N) is 3. The number of nitrogens with two attached hydrogens (primary N) is 1. The number of hydrogen-bond donors (Lipinski definition) is 3. The highest BCUT2D eigenvalue weighted by molar-refractivity contribution is 5.56. The molecule has 0 bridgehead atoms. The van der Waals surface area contributed by atoms with Crippen LogP contribution in [-0.4, -0.2) is 41.0 Å². The summed E-state index contributed by atoms with van der Waals surface area (Å²) in [5.74, 6) is 7.87. The molecule has 0 amide bonds. The number of nitrogen functional groups attached to an aromatic ring is 1. The minimum Gasteiger partial charge on any atom is -0.368 e. The Morgan fingerprint density at radius 3 is 2.35 bits per heavy atom. The van der Waals surface area contributed by atoms with Crippen LogP contribution in [0.4, 0.5) is 11.6 Å². The molecule has 114 valence electrons. The van der Waals surface area contributed by atoms with Crippen LogP contribution in [0.2, 0.25) is 0 Å². The van der Waals surface area contributed by atoms with Crippen molar-refractivity contribution < 1.29 is 0 Å². The van der Waals surface area contributed by atoms with Gasteiger partial charge >= 0.3 is 0 Å². The Labute approximate surface area is 122 Å². The van der Waals surface area contributed by atoms with Gasteiger partial charge in [-0.3, -0.25) is 0 Å².